The number of aliphatic hydroxyl groups excluding tert-OH is 1. The Balaban J connectivity index is 4.53. The molecule has 2 atom stereocenters. The fraction of sp³-hybridized carbons (Fsp3) is 0.500. The van der Waals surface area contributed by atoms with E-state index in [9.17, 15) is 5.11 Å². The summed E-state index contributed by atoms with van der Waals surface area (Å²) in [5, 5.41) is 9.53. The van der Waals surface area contributed by atoms with Crippen LogP contribution in [0.15, 0.2) is 41.6 Å². The van der Waals surface area contributed by atoms with Crippen LogP contribution in [0.2, 0.25) is 0 Å². The number of aliphatic hydroxyl groups is 1. The molecule has 17 heavy (non-hydrogen) atoms. The molecule has 0 saturated carbocycles. The highest BCUT2D eigenvalue weighted by Crippen LogP contribution is 2.17. The van der Waals surface area contributed by atoms with Crippen molar-refractivity contribution in [3.8, 4) is 0 Å². The summed E-state index contributed by atoms with van der Waals surface area (Å²) in [5.41, 5.74) is 0.803. The van der Waals surface area contributed by atoms with E-state index in [0.717, 1.165) is 12.0 Å². The largest absolute Gasteiger partial charge is 0.511 e. The van der Waals surface area contributed by atoms with Crippen LogP contribution in [0.5, 0.6) is 0 Å². The zero-order chi connectivity index (χ0) is 13.3. The normalized spacial score (nSPS) is 15.2. The lowest BCUT2D eigenvalue weighted by molar-refractivity contribution is 0.172. The molecule has 0 radical (unpaired) electrons. The fourth-order valence-electron chi connectivity index (χ4n) is 1.46. The van der Waals surface area contributed by atoms with E-state index < -0.39 is 0 Å². The molecule has 0 aliphatic rings. The summed E-state index contributed by atoms with van der Waals surface area (Å²) in [6.07, 6.45) is 6.25. The molecule has 3 heteroatoms. The smallest absolute Gasteiger partial charge is 0.110 e. The number of allylic oxidation sites excluding steroid dienone is 3. The molecule has 0 spiro atoms. The third-order valence-electron chi connectivity index (χ3n) is 2.44. The molecule has 0 saturated heterocycles. The minimum absolute atomic E-state index is 0.0816. The molecule has 0 aliphatic carbocycles. The van der Waals surface area contributed by atoms with Gasteiger partial charge in [-0.05, 0) is 24.8 Å². The van der Waals surface area contributed by atoms with Crippen molar-refractivity contribution in [2.45, 2.75) is 26.3 Å². The van der Waals surface area contributed by atoms with Gasteiger partial charge in [-0.15, -0.1) is 0 Å². The average molecular weight is 237 g/mol. The Morgan fingerprint density at radius 3 is 2.59 bits per heavy atom. The maximum absolute atomic E-state index is 9.53. The number of hydrogen-bond donors (Lipinski definition) is 1. The van der Waals surface area contributed by atoms with E-state index in [1.807, 2.05) is 26.0 Å². The topological polar surface area (TPSA) is 41.8 Å². The second-order valence-electron chi connectivity index (χ2n) is 4.05. The standard InChI is InChI=1S/C14H23NO2/c1-6-7-11(2)10-15-14(13(4)16)12(3)8-9-17-5/h6-7,10,12,14,16H,2,4,8-9H2,1,3,5H3/b7-6-,15-10+. The first-order valence-electron chi connectivity index (χ1n) is 5.74. The molecule has 0 aromatic heterocycles. The summed E-state index contributed by atoms with van der Waals surface area (Å²) in [7, 11) is 1.66. The summed E-state index contributed by atoms with van der Waals surface area (Å²) in [4.78, 5) is 4.31. The van der Waals surface area contributed by atoms with Crippen LogP contribution < -0.4 is 0 Å². The van der Waals surface area contributed by atoms with Crippen LogP contribution in [0.3, 0.4) is 0 Å². The third-order valence-corrected chi connectivity index (χ3v) is 2.44. The molecule has 0 aromatic rings. The highest BCUT2D eigenvalue weighted by molar-refractivity contribution is 5.81. The molecule has 3 nitrogen and oxygen atoms in total. The van der Waals surface area contributed by atoms with Gasteiger partial charge < -0.3 is 9.84 Å². The van der Waals surface area contributed by atoms with Crippen molar-refractivity contribution in [3.63, 3.8) is 0 Å². The van der Waals surface area contributed by atoms with E-state index in [0.29, 0.717) is 6.61 Å². The maximum atomic E-state index is 9.53. The van der Waals surface area contributed by atoms with Gasteiger partial charge >= 0.3 is 0 Å². The van der Waals surface area contributed by atoms with Crippen molar-refractivity contribution in [2.24, 2.45) is 10.9 Å². The second kappa shape index (κ2) is 8.76. The Bertz CT molecular complexity index is 305. The van der Waals surface area contributed by atoms with Crippen LogP contribution >= 0.6 is 0 Å². The number of nitrogens with zero attached hydrogens (tertiary/aromatic N) is 1. The van der Waals surface area contributed by atoms with Gasteiger partial charge in [0.15, 0.2) is 0 Å². The van der Waals surface area contributed by atoms with Crippen LogP contribution in [0, 0.1) is 5.92 Å². The van der Waals surface area contributed by atoms with Gasteiger partial charge in [-0.3, -0.25) is 4.99 Å². The summed E-state index contributed by atoms with van der Waals surface area (Å²) in [6, 6.07) is -0.299. The minimum Gasteiger partial charge on any atom is -0.511 e. The van der Waals surface area contributed by atoms with Gasteiger partial charge in [-0.1, -0.05) is 32.2 Å². The molecule has 0 fully saturated rings. The van der Waals surface area contributed by atoms with Crippen molar-refractivity contribution < 1.29 is 9.84 Å². The summed E-state index contributed by atoms with van der Waals surface area (Å²) >= 11 is 0. The van der Waals surface area contributed by atoms with Gasteiger partial charge in [-0.25, -0.2) is 0 Å². The van der Waals surface area contributed by atoms with Crippen LogP contribution in [0.1, 0.15) is 20.3 Å². The summed E-state index contributed by atoms with van der Waals surface area (Å²) in [5.74, 6) is 0.264. The molecule has 0 amide bonds. The molecular weight excluding hydrogens is 214 g/mol. The number of methoxy groups -OCH3 is 1. The van der Waals surface area contributed by atoms with Gasteiger partial charge in [0.05, 0.1) is 0 Å². The molecular formula is C14H23NO2. The minimum atomic E-state index is -0.299. The molecule has 1 N–H and O–H groups in total. The van der Waals surface area contributed by atoms with Crippen molar-refractivity contribution >= 4 is 6.21 Å². The van der Waals surface area contributed by atoms with Crippen LogP contribution in [-0.4, -0.2) is 31.1 Å². The van der Waals surface area contributed by atoms with E-state index in [1.165, 1.54) is 0 Å². The van der Waals surface area contributed by atoms with E-state index in [4.69, 9.17) is 4.74 Å². The van der Waals surface area contributed by atoms with E-state index in [-0.39, 0.29) is 17.7 Å². The highest BCUT2D eigenvalue weighted by Gasteiger charge is 2.18. The molecule has 0 rings (SSSR count). The number of aliphatic imine (C=N–C) groups is 1. The molecule has 0 aromatic carbocycles. The highest BCUT2D eigenvalue weighted by atomic mass is 16.5. The average Bonchev–Trinajstić information content (AvgIpc) is 2.26. The molecule has 2 unspecified atom stereocenters. The monoisotopic (exact) mass is 237 g/mol. The van der Waals surface area contributed by atoms with Crippen molar-refractivity contribution in [1.29, 1.82) is 0 Å². The number of ether oxygens (including phenoxy) is 1. The molecule has 0 heterocycles. The van der Waals surface area contributed by atoms with Crippen molar-refractivity contribution in [1.82, 2.24) is 0 Å². The lowest BCUT2D eigenvalue weighted by Crippen LogP contribution is -2.19. The second-order valence-corrected chi connectivity index (χ2v) is 4.05. The Kier molecular flexibility index (Phi) is 8.07. The van der Waals surface area contributed by atoms with Gasteiger partial charge in [-0.2, -0.15) is 0 Å². The van der Waals surface area contributed by atoms with E-state index in [1.54, 1.807) is 13.3 Å². The summed E-state index contributed by atoms with van der Waals surface area (Å²) < 4.78 is 5.01. The lowest BCUT2D eigenvalue weighted by atomic mass is 9.98. The lowest BCUT2D eigenvalue weighted by Gasteiger charge is -2.18. The van der Waals surface area contributed by atoms with Crippen molar-refractivity contribution in [2.75, 3.05) is 13.7 Å². The maximum Gasteiger partial charge on any atom is 0.110 e. The van der Waals surface area contributed by atoms with Crippen molar-refractivity contribution in [3.05, 3.63) is 36.6 Å². The predicted molar refractivity (Wildman–Crippen MR) is 73.7 cm³/mol. The third kappa shape index (κ3) is 6.74. The zero-order valence-corrected chi connectivity index (χ0v) is 11.0. The van der Waals surface area contributed by atoms with Crippen LogP contribution in [0.25, 0.3) is 0 Å². The fourth-order valence-corrected chi connectivity index (χ4v) is 1.46. The summed E-state index contributed by atoms with van der Waals surface area (Å²) in [6.45, 7) is 12.0. The van der Waals surface area contributed by atoms with Gasteiger partial charge in [0.25, 0.3) is 0 Å². The molecule has 96 valence electrons. The SMILES string of the molecule is C=C(/C=C\C)/C=N/C(C(=C)O)C(C)CCOC. The Morgan fingerprint density at radius 2 is 2.12 bits per heavy atom. The molecule has 0 aliphatic heterocycles. The Morgan fingerprint density at radius 1 is 1.47 bits per heavy atom. The van der Waals surface area contributed by atoms with E-state index in [2.05, 4.69) is 18.2 Å². The first-order chi connectivity index (χ1) is 8.02. The van der Waals surface area contributed by atoms with Crippen LogP contribution in [-0.2, 0) is 4.74 Å². The first-order valence-corrected chi connectivity index (χ1v) is 5.74. The Hall–Kier alpha value is -1.35. The number of rotatable bonds is 8. The van der Waals surface area contributed by atoms with Gasteiger partial charge in [0.1, 0.15) is 11.8 Å². The predicted octanol–water partition coefficient (Wildman–Crippen LogP) is 3.30. The number of hydrogen-bond acceptors (Lipinski definition) is 3. The van der Waals surface area contributed by atoms with Crippen LogP contribution in [0.4, 0.5) is 0 Å². The zero-order valence-electron chi connectivity index (χ0n) is 11.0. The van der Waals surface area contributed by atoms with Gasteiger partial charge in [0.2, 0.25) is 0 Å². The van der Waals surface area contributed by atoms with E-state index >= 15 is 0 Å². The molecule has 0 bridgehead atoms. The first kappa shape index (κ1) is 15.7. The van der Waals surface area contributed by atoms with Gasteiger partial charge in [0, 0.05) is 19.9 Å². The Labute approximate surface area is 104 Å². The quantitative estimate of drug-likeness (QED) is 0.400.